The standard InChI is InChI=1S/C13H24O3/c1-4-10(14)13(7-5-8-13)11-6-9-15-12(2,3)16-11/h10-11,14H,4-9H2,1-3H3/t10-,11?/m0/s1. The van der Waals surface area contributed by atoms with E-state index in [1.54, 1.807) is 0 Å². The van der Waals surface area contributed by atoms with Gasteiger partial charge in [0.1, 0.15) is 0 Å². The van der Waals surface area contributed by atoms with E-state index in [9.17, 15) is 5.11 Å². The normalized spacial score (nSPS) is 34.1. The van der Waals surface area contributed by atoms with Gasteiger partial charge in [0.2, 0.25) is 0 Å². The molecule has 3 heteroatoms. The first-order chi connectivity index (χ1) is 7.50. The molecule has 0 amide bonds. The second-order valence-corrected chi connectivity index (χ2v) is 5.65. The van der Waals surface area contributed by atoms with Crippen LogP contribution in [0.25, 0.3) is 0 Å². The van der Waals surface area contributed by atoms with Crippen molar-refractivity contribution in [2.24, 2.45) is 5.41 Å². The van der Waals surface area contributed by atoms with E-state index in [0.717, 1.165) is 32.3 Å². The van der Waals surface area contributed by atoms with Crippen molar-refractivity contribution in [2.45, 2.75) is 70.9 Å². The van der Waals surface area contributed by atoms with Gasteiger partial charge in [-0.3, -0.25) is 0 Å². The maximum Gasteiger partial charge on any atom is 0.163 e. The number of aliphatic hydroxyl groups excluding tert-OH is 1. The zero-order valence-corrected chi connectivity index (χ0v) is 10.7. The molecule has 1 N–H and O–H groups in total. The Bertz CT molecular complexity index is 246. The lowest BCUT2D eigenvalue weighted by molar-refractivity contribution is -0.312. The monoisotopic (exact) mass is 228 g/mol. The van der Waals surface area contributed by atoms with Gasteiger partial charge in [-0.1, -0.05) is 13.3 Å². The first-order valence-corrected chi connectivity index (χ1v) is 6.50. The van der Waals surface area contributed by atoms with E-state index < -0.39 is 5.79 Å². The fraction of sp³-hybridized carbons (Fsp3) is 1.00. The summed E-state index contributed by atoms with van der Waals surface area (Å²) in [5.41, 5.74) is 0.00972. The molecule has 2 rings (SSSR count). The van der Waals surface area contributed by atoms with Gasteiger partial charge in [-0.05, 0) is 39.5 Å². The lowest BCUT2D eigenvalue weighted by Crippen LogP contribution is -2.56. The van der Waals surface area contributed by atoms with Gasteiger partial charge in [-0.15, -0.1) is 0 Å². The van der Waals surface area contributed by atoms with Gasteiger partial charge < -0.3 is 14.6 Å². The van der Waals surface area contributed by atoms with Gasteiger partial charge >= 0.3 is 0 Å². The molecular weight excluding hydrogens is 204 g/mol. The molecule has 2 atom stereocenters. The van der Waals surface area contributed by atoms with E-state index in [2.05, 4.69) is 6.92 Å². The third-order valence-electron chi connectivity index (χ3n) is 4.23. The summed E-state index contributed by atoms with van der Waals surface area (Å²) in [6, 6.07) is 0. The van der Waals surface area contributed by atoms with E-state index >= 15 is 0 Å². The summed E-state index contributed by atoms with van der Waals surface area (Å²) in [6.07, 6.45) is 5.10. The highest BCUT2D eigenvalue weighted by Crippen LogP contribution is 2.51. The maximum atomic E-state index is 10.2. The summed E-state index contributed by atoms with van der Waals surface area (Å²) < 4.78 is 11.6. The smallest absolute Gasteiger partial charge is 0.163 e. The molecule has 94 valence electrons. The van der Waals surface area contributed by atoms with Crippen LogP contribution in [0, 0.1) is 5.41 Å². The van der Waals surface area contributed by atoms with Crippen molar-refractivity contribution < 1.29 is 14.6 Å². The third kappa shape index (κ3) is 2.01. The molecule has 2 fully saturated rings. The minimum absolute atomic E-state index is 0.00972. The van der Waals surface area contributed by atoms with Crippen molar-refractivity contribution >= 4 is 0 Å². The predicted octanol–water partition coefficient (Wildman–Crippen LogP) is 2.47. The fourth-order valence-electron chi connectivity index (χ4n) is 3.11. The van der Waals surface area contributed by atoms with Crippen LogP contribution in [0.2, 0.25) is 0 Å². The van der Waals surface area contributed by atoms with Gasteiger partial charge in [-0.25, -0.2) is 0 Å². The maximum absolute atomic E-state index is 10.2. The molecule has 0 aromatic rings. The zero-order chi connectivity index (χ0) is 11.8. The molecule has 0 bridgehead atoms. The van der Waals surface area contributed by atoms with Crippen LogP contribution >= 0.6 is 0 Å². The Kier molecular flexibility index (Phi) is 3.30. The van der Waals surface area contributed by atoms with Crippen LogP contribution in [0.1, 0.15) is 52.9 Å². The summed E-state index contributed by atoms with van der Waals surface area (Å²) in [6.45, 7) is 6.72. The van der Waals surface area contributed by atoms with Crippen molar-refractivity contribution in [3.05, 3.63) is 0 Å². The van der Waals surface area contributed by atoms with E-state index in [0.29, 0.717) is 0 Å². The Morgan fingerprint density at radius 2 is 2.06 bits per heavy atom. The average Bonchev–Trinajstić information content (AvgIpc) is 2.14. The van der Waals surface area contributed by atoms with Crippen molar-refractivity contribution in [3.8, 4) is 0 Å². The Labute approximate surface area is 98.1 Å². The molecule has 16 heavy (non-hydrogen) atoms. The number of rotatable bonds is 3. The van der Waals surface area contributed by atoms with E-state index in [-0.39, 0.29) is 17.6 Å². The Morgan fingerprint density at radius 1 is 1.38 bits per heavy atom. The lowest BCUT2D eigenvalue weighted by atomic mass is 9.60. The highest BCUT2D eigenvalue weighted by Gasteiger charge is 2.51. The second-order valence-electron chi connectivity index (χ2n) is 5.65. The van der Waals surface area contributed by atoms with Crippen LogP contribution in [0.3, 0.4) is 0 Å². The molecule has 1 saturated carbocycles. The quantitative estimate of drug-likeness (QED) is 0.806. The summed E-state index contributed by atoms with van der Waals surface area (Å²) in [7, 11) is 0. The van der Waals surface area contributed by atoms with E-state index in [1.807, 2.05) is 13.8 Å². The molecule has 0 aromatic heterocycles. The number of ether oxygens (including phenoxy) is 2. The van der Waals surface area contributed by atoms with Crippen molar-refractivity contribution in [2.75, 3.05) is 6.61 Å². The number of hydrogen-bond acceptors (Lipinski definition) is 3. The third-order valence-corrected chi connectivity index (χ3v) is 4.23. The molecule has 1 saturated heterocycles. The van der Waals surface area contributed by atoms with Gasteiger partial charge in [-0.2, -0.15) is 0 Å². The molecule has 2 aliphatic rings. The lowest BCUT2D eigenvalue weighted by Gasteiger charge is -2.53. The molecule has 1 aliphatic carbocycles. The van der Waals surface area contributed by atoms with Crippen molar-refractivity contribution in [1.82, 2.24) is 0 Å². The minimum atomic E-state index is -0.487. The predicted molar refractivity (Wildman–Crippen MR) is 62.1 cm³/mol. The highest BCUT2D eigenvalue weighted by atomic mass is 16.7. The van der Waals surface area contributed by atoms with Gasteiger partial charge in [0.15, 0.2) is 5.79 Å². The van der Waals surface area contributed by atoms with Crippen molar-refractivity contribution in [1.29, 1.82) is 0 Å². The molecule has 3 nitrogen and oxygen atoms in total. The first kappa shape index (κ1) is 12.3. The van der Waals surface area contributed by atoms with Gasteiger partial charge in [0, 0.05) is 5.41 Å². The molecule has 1 aliphatic heterocycles. The number of hydrogen-bond donors (Lipinski definition) is 1. The van der Waals surface area contributed by atoms with Crippen LogP contribution in [-0.4, -0.2) is 29.7 Å². The molecule has 0 spiro atoms. The summed E-state index contributed by atoms with van der Waals surface area (Å²) in [5.74, 6) is -0.487. The SMILES string of the molecule is CC[C@H](O)C1(C2CCOC(C)(C)O2)CCC1. The van der Waals surface area contributed by atoms with E-state index in [1.165, 1.54) is 6.42 Å². The van der Waals surface area contributed by atoms with Crippen LogP contribution in [0.15, 0.2) is 0 Å². The van der Waals surface area contributed by atoms with Crippen LogP contribution in [0.4, 0.5) is 0 Å². The minimum Gasteiger partial charge on any atom is -0.392 e. The first-order valence-electron chi connectivity index (χ1n) is 6.50. The fourth-order valence-corrected chi connectivity index (χ4v) is 3.11. The van der Waals surface area contributed by atoms with Gasteiger partial charge in [0.25, 0.3) is 0 Å². The highest BCUT2D eigenvalue weighted by molar-refractivity contribution is 5.00. The Morgan fingerprint density at radius 3 is 2.50 bits per heavy atom. The zero-order valence-electron chi connectivity index (χ0n) is 10.7. The van der Waals surface area contributed by atoms with Crippen LogP contribution in [0.5, 0.6) is 0 Å². The molecule has 1 unspecified atom stereocenters. The summed E-state index contributed by atoms with van der Waals surface area (Å²) >= 11 is 0. The topological polar surface area (TPSA) is 38.7 Å². The van der Waals surface area contributed by atoms with Crippen LogP contribution in [-0.2, 0) is 9.47 Å². The molecule has 1 heterocycles. The molecule has 0 radical (unpaired) electrons. The van der Waals surface area contributed by atoms with E-state index in [4.69, 9.17) is 9.47 Å². The molecular formula is C13H24O3. The number of aliphatic hydroxyl groups is 1. The molecule has 0 aromatic carbocycles. The second kappa shape index (κ2) is 4.28. The summed E-state index contributed by atoms with van der Waals surface area (Å²) in [5, 5.41) is 10.2. The summed E-state index contributed by atoms with van der Waals surface area (Å²) in [4.78, 5) is 0. The van der Waals surface area contributed by atoms with Crippen molar-refractivity contribution in [3.63, 3.8) is 0 Å². The van der Waals surface area contributed by atoms with Crippen LogP contribution < -0.4 is 0 Å². The Hall–Kier alpha value is -0.120. The van der Waals surface area contributed by atoms with Gasteiger partial charge in [0.05, 0.1) is 18.8 Å². The Balaban J connectivity index is 2.09. The largest absolute Gasteiger partial charge is 0.392 e. The average molecular weight is 228 g/mol.